The van der Waals surface area contributed by atoms with E-state index in [-0.39, 0.29) is 0 Å². The molecule has 0 bridgehead atoms. The lowest BCUT2D eigenvalue weighted by Gasteiger charge is -2.13. The van der Waals surface area contributed by atoms with Crippen LogP contribution in [-0.4, -0.2) is 16.3 Å². The molecule has 1 aromatic carbocycles. The van der Waals surface area contributed by atoms with E-state index in [1.165, 1.54) is 5.56 Å². The molecule has 0 aliphatic carbocycles. The quantitative estimate of drug-likeness (QED) is 0.820. The molecular weight excluding hydrogens is 294 g/mol. The summed E-state index contributed by atoms with van der Waals surface area (Å²) < 4.78 is 1.92. The van der Waals surface area contributed by atoms with Gasteiger partial charge in [-0.05, 0) is 24.3 Å². The fraction of sp³-hybridized carbons (Fsp3) is 0.500. The molecule has 0 radical (unpaired) electrons. The van der Waals surface area contributed by atoms with Crippen molar-refractivity contribution >= 4 is 11.6 Å². The van der Waals surface area contributed by atoms with Gasteiger partial charge < -0.3 is 5.32 Å². The van der Waals surface area contributed by atoms with Crippen molar-refractivity contribution in [3.8, 4) is 0 Å². The molecule has 22 heavy (non-hydrogen) atoms. The first kappa shape index (κ1) is 17.0. The van der Waals surface area contributed by atoms with Gasteiger partial charge in [-0.2, -0.15) is 5.10 Å². The number of hydrogen-bond donors (Lipinski definition) is 1. The molecule has 0 spiro atoms. The molecule has 1 atom stereocenters. The Morgan fingerprint density at radius 1 is 1.18 bits per heavy atom. The lowest BCUT2D eigenvalue weighted by molar-refractivity contribution is 0.481. The maximum atomic E-state index is 6.47. The summed E-state index contributed by atoms with van der Waals surface area (Å²) >= 11 is 6.47. The molecule has 0 saturated heterocycles. The third-order valence-electron chi connectivity index (χ3n) is 3.84. The van der Waals surface area contributed by atoms with Crippen LogP contribution in [0.2, 0.25) is 5.15 Å². The fourth-order valence-electron chi connectivity index (χ4n) is 2.57. The Labute approximate surface area is 138 Å². The van der Waals surface area contributed by atoms with Crippen molar-refractivity contribution in [1.29, 1.82) is 0 Å². The van der Waals surface area contributed by atoms with Crippen molar-refractivity contribution in [3.63, 3.8) is 0 Å². The van der Waals surface area contributed by atoms with Crippen LogP contribution in [0.4, 0.5) is 0 Å². The highest BCUT2D eigenvalue weighted by atomic mass is 35.5. The van der Waals surface area contributed by atoms with Gasteiger partial charge >= 0.3 is 0 Å². The lowest BCUT2D eigenvalue weighted by atomic mass is 10.0. The van der Waals surface area contributed by atoms with Gasteiger partial charge in [0, 0.05) is 25.2 Å². The van der Waals surface area contributed by atoms with Gasteiger partial charge in [-0.1, -0.05) is 62.7 Å². The summed E-state index contributed by atoms with van der Waals surface area (Å²) in [5.74, 6) is 1.02. The van der Waals surface area contributed by atoms with Gasteiger partial charge in [-0.3, -0.25) is 4.68 Å². The number of nitrogens with one attached hydrogen (secondary N) is 1. The van der Waals surface area contributed by atoms with Crippen LogP contribution in [0.15, 0.2) is 30.3 Å². The fourth-order valence-corrected chi connectivity index (χ4v) is 2.88. The second-order valence-electron chi connectivity index (χ2n) is 6.37. The number of benzene rings is 1. The van der Waals surface area contributed by atoms with Gasteiger partial charge in [-0.25, -0.2) is 0 Å². The first-order valence-corrected chi connectivity index (χ1v) is 8.34. The van der Waals surface area contributed by atoms with Crippen molar-refractivity contribution in [2.75, 3.05) is 6.54 Å². The van der Waals surface area contributed by atoms with Crippen LogP contribution in [-0.2, 0) is 13.1 Å². The summed E-state index contributed by atoms with van der Waals surface area (Å²) in [6.45, 7) is 11.2. The molecule has 4 heteroatoms. The second-order valence-corrected chi connectivity index (χ2v) is 6.73. The minimum atomic E-state index is 0.478. The third kappa shape index (κ3) is 4.34. The van der Waals surface area contributed by atoms with Crippen LogP contribution in [0.1, 0.15) is 43.5 Å². The SMILES string of the molecule is Cc1nn(CC(C)C)c(Cl)c1CNC[C@H](C)c1ccccc1. The number of aromatic nitrogens is 2. The molecule has 0 saturated carbocycles. The van der Waals surface area contributed by atoms with Crippen LogP contribution >= 0.6 is 11.6 Å². The minimum Gasteiger partial charge on any atom is -0.312 e. The maximum absolute atomic E-state index is 6.47. The van der Waals surface area contributed by atoms with Crippen LogP contribution in [0.5, 0.6) is 0 Å². The van der Waals surface area contributed by atoms with E-state index >= 15 is 0 Å². The topological polar surface area (TPSA) is 29.9 Å². The average molecular weight is 320 g/mol. The minimum absolute atomic E-state index is 0.478. The Morgan fingerprint density at radius 2 is 1.86 bits per heavy atom. The first-order chi connectivity index (χ1) is 10.5. The second kappa shape index (κ2) is 7.80. The first-order valence-electron chi connectivity index (χ1n) is 7.96. The van der Waals surface area contributed by atoms with Gasteiger partial charge in [0.05, 0.1) is 5.69 Å². The van der Waals surface area contributed by atoms with Crippen LogP contribution in [0.25, 0.3) is 0 Å². The summed E-state index contributed by atoms with van der Waals surface area (Å²) in [4.78, 5) is 0. The Balaban J connectivity index is 1.93. The van der Waals surface area contributed by atoms with E-state index in [9.17, 15) is 0 Å². The van der Waals surface area contributed by atoms with E-state index in [0.717, 1.165) is 36.0 Å². The third-order valence-corrected chi connectivity index (χ3v) is 4.27. The Morgan fingerprint density at radius 3 is 2.50 bits per heavy atom. The smallest absolute Gasteiger partial charge is 0.131 e. The highest BCUT2D eigenvalue weighted by Crippen LogP contribution is 2.21. The van der Waals surface area contributed by atoms with Crippen LogP contribution in [0.3, 0.4) is 0 Å². The molecule has 1 aromatic heterocycles. The zero-order valence-corrected chi connectivity index (χ0v) is 14.7. The van der Waals surface area contributed by atoms with Crippen molar-refractivity contribution < 1.29 is 0 Å². The molecule has 1 heterocycles. The molecule has 0 unspecified atom stereocenters. The number of nitrogens with zero attached hydrogens (tertiary/aromatic N) is 2. The maximum Gasteiger partial charge on any atom is 0.131 e. The molecule has 0 aliphatic heterocycles. The average Bonchev–Trinajstić information content (AvgIpc) is 2.74. The van der Waals surface area contributed by atoms with E-state index in [4.69, 9.17) is 11.6 Å². The number of halogens is 1. The molecule has 0 fully saturated rings. The highest BCUT2D eigenvalue weighted by Gasteiger charge is 2.14. The molecule has 120 valence electrons. The molecule has 3 nitrogen and oxygen atoms in total. The predicted octanol–water partition coefficient (Wildman–Crippen LogP) is 4.39. The summed E-state index contributed by atoms with van der Waals surface area (Å²) in [6, 6.07) is 10.6. The van der Waals surface area contributed by atoms with Gasteiger partial charge in [0.15, 0.2) is 0 Å². The van der Waals surface area contributed by atoms with Gasteiger partial charge in [0.2, 0.25) is 0 Å². The predicted molar refractivity (Wildman–Crippen MR) is 93.4 cm³/mol. The van der Waals surface area contributed by atoms with Crippen molar-refractivity contribution in [3.05, 3.63) is 52.3 Å². The Hall–Kier alpha value is -1.32. The van der Waals surface area contributed by atoms with Crippen molar-refractivity contribution in [2.24, 2.45) is 5.92 Å². The Bertz CT molecular complexity index is 590. The monoisotopic (exact) mass is 319 g/mol. The normalized spacial score (nSPS) is 12.8. The van der Waals surface area contributed by atoms with E-state index in [1.54, 1.807) is 0 Å². The standard InChI is InChI=1S/C18H26ClN3/c1-13(2)12-22-18(19)17(15(4)21-22)11-20-10-14(3)16-8-6-5-7-9-16/h5-9,13-14,20H,10-12H2,1-4H3/t14-/m0/s1. The van der Waals surface area contributed by atoms with Gasteiger partial charge in [-0.15, -0.1) is 0 Å². The summed E-state index contributed by atoms with van der Waals surface area (Å²) in [7, 11) is 0. The summed E-state index contributed by atoms with van der Waals surface area (Å²) in [6.07, 6.45) is 0. The largest absolute Gasteiger partial charge is 0.312 e. The van der Waals surface area contributed by atoms with E-state index in [2.05, 4.69) is 61.5 Å². The summed E-state index contributed by atoms with van der Waals surface area (Å²) in [5, 5.41) is 8.83. The Kier molecular flexibility index (Phi) is 6.04. The van der Waals surface area contributed by atoms with Gasteiger partial charge in [0.25, 0.3) is 0 Å². The zero-order chi connectivity index (χ0) is 16.1. The number of hydrogen-bond acceptors (Lipinski definition) is 2. The molecule has 1 N–H and O–H groups in total. The molecule has 0 aliphatic rings. The van der Waals surface area contributed by atoms with Crippen LogP contribution < -0.4 is 5.32 Å². The highest BCUT2D eigenvalue weighted by molar-refractivity contribution is 6.30. The van der Waals surface area contributed by atoms with Crippen LogP contribution in [0, 0.1) is 12.8 Å². The molecular formula is C18H26ClN3. The van der Waals surface area contributed by atoms with Crippen molar-refractivity contribution in [1.82, 2.24) is 15.1 Å². The lowest BCUT2D eigenvalue weighted by Crippen LogP contribution is -2.20. The molecule has 2 aromatic rings. The number of rotatable bonds is 7. The molecule has 0 amide bonds. The number of aryl methyl sites for hydroxylation is 1. The summed E-state index contributed by atoms with van der Waals surface area (Å²) in [5.41, 5.74) is 3.49. The van der Waals surface area contributed by atoms with Crippen molar-refractivity contribution in [2.45, 2.75) is 46.7 Å². The zero-order valence-electron chi connectivity index (χ0n) is 13.9. The van der Waals surface area contributed by atoms with E-state index in [1.807, 2.05) is 11.6 Å². The van der Waals surface area contributed by atoms with E-state index < -0.39 is 0 Å². The molecule has 2 rings (SSSR count). The van der Waals surface area contributed by atoms with E-state index in [0.29, 0.717) is 11.8 Å². The van der Waals surface area contributed by atoms with Gasteiger partial charge in [0.1, 0.15) is 5.15 Å².